The molecule has 2 saturated carbocycles. The molecule has 1 aromatic carbocycles. The van der Waals surface area contributed by atoms with Crippen molar-refractivity contribution in [3.05, 3.63) is 36.7 Å². The smallest absolute Gasteiger partial charge is 0.0568 e. The standard InChI is InChI=1S/C30H46N6/c1-32-17-19-34(20-18-32)29-9-7-27(8-10-29)28-21-31-36(24-28)14-2-13-33-15-11-30(12-16-33)35(22-25-3-4-25)23-26-5-6-26/h7-10,21,24-26,30H,2-6,11-20,22-23H2,1H3. The molecule has 0 bridgehead atoms. The van der Waals surface area contributed by atoms with E-state index >= 15 is 0 Å². The molecule has 6 rings (SSSR count). The van der Waals surface area contributed by atoms with Crippen LogP contribution in [0.1, 0.15) is 44.9 Å². The van der Waals surface area contributed by atoms with Gasteiger partial charge in [0.1, 0.15) is 0 Å². The number of hydrogen-bond donors (Lipinski definition) is 0. The van der Waals surface area contributed by atoms with Crippen molar-refractivity contribution < 1.29 is 0 Å². The van der Waals surface area contributed by atoms with E-state index < -0.39 is 0 Å². The van der Waals surface area contributed by atoms with Gasteiger partial charge in [-0.15, -0.1) is 0 Å². The number of nitrogens with zero attached hydrogens (tertiary/aromatic N) is 6. The zero-order valence-electron chi connectivity index (χ0n) is 22.4. The molecule has 6 heteroatoms. The average Bonchev–Trinajstić information content (AvgIpc) is 3.85. The summed E-state index contributed by atoms with van der Waals surface area (Å²) < 4.78 is 2.14. The van der Waals surface area contributed by atoms with Crippen LogP contribution in [0.2, 0.25) is 0 Å². The van der Waals surface area contributed by atoms with Crippen molar-refractivity contribution in [3.63, 3.8) is 0 Å². The number of likely N-dealkylation sites (N-methyl/N-ethyl adjacent to an activating group) is 1. The zero-order chi connectivity index (χ0) is 24.3. The summed E-state index contributed by atoms with van der Waals surface area (Å²) in [6.45, 7) is 12.1. The van der Waals surface area contributed by atoms with Crippen LogP contribution < -0.4 is 4.90 Å². The number of aromatic nitrogens is 2. The summed E-state index contributed by atoms with van der Waals surface area (Å²) in [5.41, 5.74) is 3.83. The molecule has 0 unspecified atom stereocenters. The Morgan fingerprint density at radius 1 is 0.778 bits per heavy atom. The minimum atomic E-state index is 0.846. The highest BCUT2D eigenvalue weighted by molar-refractivity contribution is 5.65. The quantitative estimate of drug-likeness (QED) is 0.469. The molecule has 0 amide bonds. The molecular formula is C30H46N6. The number of piperazine rings is 1. The topological polar surface area (TPSA) is 30.8 Å². The molecule has 2 aliphatic carbocycles. The fraction of sp³-hybridized carbons (Fsp3) is 0.700. The van der Waals surface area contributed by atoms with E-state index in [-0.39, 0.29) is 0 Å². The van der Waals surface area contributed by atoms with Crippen molar-refractivity contribution in [2.75, 3.05) is 70.9 Å². The first-order valence-electron chi connectivity index (χ1n) is 14.7. The summed E-state index contributed by atoms with van der Waals surface area (Å²) in [5.74, 6) is 2.05. The average molecular weight is 491 g/mol. The van der Waals surface area contributed by atoms with Crippen molar-refractivity contribution in [2.24, 2.45) is 11.8 Å². The molecule has 2 saturated heterocycles. The van der Waals surface area contributed by atoms with Gasteiger partial charge >= 0.3 is 0 Å². The highest BCUT2D eigenvalue weighted by atomic mass is 15.3. The number of benzene rings is 1. The predicted molar refractivity (Wildman–Crippen MR) is 148 cm³/mol. The maximum Gasteiger partial charge on any atom is 0.0568 e. The summed E-state index contributed by atoms with van der Waals surface area (Å²) in [5, 5.41) is 4.67. The molecular weight excluding hydrogens is 444 g/mol. The minimum absolute atomic E-state index is 0.846. The van der Waals surface area contributed by atoms with E-state index in [1.54, 1.807) is 0 Å². The van der Waals surface area contributed by atoms with Gasteiger partial charge in [-0.3, -0.25) is 9.58 Å². The Morgan fingerprint density at radius 3 is 2.08 bits per heavy atom. The minimum Gasteiger partial charge on any atom is -0.369 e. The third-order valence-electron chi connectivity index (χ3n) is 9.02. The van der Waals surface area contributed by atoms with Crippen LogP contribution in [0.25, 0.3) is 11.1 Å². The molecule has 2 aromatic rings. The Morgan fingerprint density at radius 2 is 1.44 bits per heavy atom. The molecule has 6 nitrogen and oxygen atoms in total. The SMILES string of the molecule is CN1CCN(c2ccc(-c3cnn(CCCN4CCC(N(CC5CC5)CC5CC5)CC4)c3)cc2)CC1. The zero-order valence-corrected chi connectivity index (χ0v) is 22.4. The maximum atomic E-state index is 4.67. The van der Waals surface area contributed by atoms with Crippen LogP contribution in [-0.4, -0.2) is 96.5 Å². The molecule has 36 heavy (non-hydrogen) atoms. The fourth-order valence-electron chi connectivity index (χ4n) is 6.17. The Balaban J connectivity index is 0.932. The van der Waals surface area contributed by atoms with Crippen LogP contribution in [-0.2, 0) is 6.54 Å². The maximum absolute atomic E-state index is 4.67. The molecule has 3 heterocycles. The number of rotatable bonds is 11. The third-order valence-corrected chi connectivity index (χ3v) is 9.02. The lowest BCUT2D eigenvalue weighted by molar-refractivity contribution is 0.0988. The third kappa shape index (κ3) is 6.51. The van der Waals surface area contributed by atoms with Gasteiger partial charge in [-0.1, -0.05) is 12.1 Å². The van der Waals surface area contributed by atoms with E-state index in [1.165, 1.54) is 94.5 Å². The fourth-order valence-corrected chi connectivity index (χ4v) is 6.17. The van der Waals surface area contributed by atoms with Crippen molar-refractivity contribution in [2.45, 2.75) is 57.5 Å². The molecule has 4 fully saturated rings. The second kappa shape index (κ2) is 11.2. The van der Waals surface area contributed by atoms with E-state index in [9.17, 15) is 0 Å². The first-order valence-corrected chi connectivity index (χ1v) is 14.7. The Kier molecular flexibility index (Phi) is 7.63. The Bertz CT molecular complexity index is 932. The van der Waals surface area contributed by atoms with Gasteiger partial charge in [-0.2, -0.15) is 5.10 Å². The van der Waals surface area contributed by atoms with Gasteiger partial charge in [0.2, 0.25) is 0 Å². The monoisotopic (exact) mass is 490 g/mol. The van der Waals surface area contributed by atoms with Gasteiger partial charge < -0.3 is 14.7 Å². The first kappa shape index (κ1) is 24.4. The summed E-state index contributed by atoms with van der Waals surface area (Å²) in [4.78, 5) is 10.5. The normalized spacial score (nSPS) is 22.6. The van der Waals surface area contributed by atoms with Gasteiger partial charge in [0.15, 0.2) is 0 Å². The van der Waals surface area contributed by atoms with Crippen LogP contribution >= 0.6 is 0 Å². The van der Waals surface area contributed by atoms with Crippen molar-refractivity contribution in [1.29, 1.82) is 0 Å². The van der Waals surface area contributed by atoms with E-state index in [2.05, 4.69) is 66.9 Å². The summed E-state index contributed by atoms with van der Waals surface area (Å²) in [6, 6.07) is 9.92. The number of anilines is 1. The number of piperidine rings is 1. The van der Waals surface area contributed by atoms with Gasteiger partial charge in [0.05, 0.1) is 6.20 Å². The molecule has 196 valence electrons. The number of likely N-dealkylation sites (tertiary alicyclic amines) is 1. The lowest BCUT2D eigenvalue weighted by Crippen LogP contribution is -2.46. The van der Waals surface area contributed by atoms with Crippen molar-refractivity contribution in [1.82, 2.24) is 24.5 Å². The van der Waals surface area contributed by atoms with Crippen LogP contribution in [0.3, 0.4) is 0 Å². The van der Waals surface area contributed by atoms with Crippen molar-refractivity contribution in [3.8, 4) is 11.1 Å². The van der Waals surface area contributed by atoms with Gasteiger partial charge in [-0.05, 0) is 101 Å². The molecule has 0 spiro atoms. The van der Waals surface area contributed by atoms with E-state index in [4.69, 9.17) is 0 Å². The second-order valence-electron chi connectivity index (χ2n) is 12.1. The highest BCUT2D eigenvalue weighted by Gasteiger charge is 2.33. The van der Waals surface area contributed by atoms with Gasteiger partial charge in [0.25, 0.3) is 0 Å². The van der Waals surface area contributed by atoms with Gasteiger partial charge in [0, 0.05) is 69.3 Å². The van der Waals surface area contributed by atoms with Crippen LogP contribution in [0, 0.1) is 11.8 Å². The highest BCUT2D eigenvalue weighted by Crippen LogP contribution is 2.35. The summed E-state index contributed by atoms with van der Waals surface area (Å²) in [7, 11) is 2.21. The summed E-state index contributed by atoms with van der Waals surface area (Å²) >= 11 is 0. The molecule has 4 aliphatic rings. The Hall–Kier alpha value is -1.89. The van der Waals surface area contributed by atoms with Gasteiger partial charge in [-0.25, -0.2) is 0 Å². The largest absolute Gasteiger partial charge is 0.369 e. The van der Waals surface area contributed by atoms with Crippen LogP contribution in [0.4, 0.5) is 5.69 Å². The first-order chi connectivity index (χ1) is 17.7. The number of hydrogen-bond acceptors (Lipinski definition) is 5. The molecule has 1 aromatic heterocycles. The van der Waals surface area contributed by atoms with Crippen LogP contribution in [0.5, 0.6) is 0 Å². The van der Waals surface area contributed by atoms with E-state index in [0.717, 1.165) is 50.6 Å². The second-order valence-corrected chi connectivity index (χ2v) is 12.1. The molecule has 0 atom stereocenters. The molecule has 2 aliphatic heterocycles. The molecule has 0 N–H and O–H groups in total. The molecule has 0 radical (unpaired) electrons. The van der Waals surface area contributed by atoms with Crippen LogP contribution in [0.15, 0.2) is 36.7 Å². The lowest BCUT2D eigenvalue weighted by atomic mass is 10.0. The lowest BCUT2D eigenvalue weighted by Gasteiger charge is -2.39. The predicted octanol–water partition coefficient (Wildman–Crippen LogP) is 4.28. The van der Waals surface area contributed by atoms with E-state index in [1.807, 2.05) is 6.20 Å². The van der Waals surface area contributed by atoms with E-state index in [0.29, 0.717) is 0 Å². The van der Waals surface area contributed by atoms with Crippen molar-refractivity contribution >= 4 is 5.69 Å². The Labute approximate surface area is 218 Å². The summed E-state index contributed by atoms with van der Waals surface area (Å²) in [6.07, 6.45) is 14.1. The number of aryl methyl sites for hydroxylation is 1.